The van der Waals surface area contributed by atoms with Gasteiger partial charge in [0.05, 0.1) is 13.1 Å². The molecule has 154 valence electrons. The van der Waals surface area contributed by atoms with Crippen LogP contribution < -0.4 is 15.8 Å². The molecule has 1 atom stereocenters. The molecule has 4 rings (SSSR count). The maximum Gasteiger partial charge on any atom is 0.259 e. The molecule has 2 aromatic heterocycles. The minimum atomic E-state index is 0.0865. The average Bonchev–Trinajstić information content (AvgIpc) is 3.13. The standard InChI is InChI=1S/C23H30N4OS/c1-3-26(4-2)16-19(17-10-6-5-7-11-17)24-15-18-14-22(28)27-20-12-8-9-13-21(20)29-23(27)25-18/h5-7,10-11,14,19,24H,3-4,8-9,12-13,15-16H2,1-2H3/p+2/t19-/m0/s1. The van der Waals surface area contributed by atoms with Crippen molar-refractivity contribution in [3.63, 3.8) is 0 Å². The Kier molecular flexibility index (Phi) is 6.43. The Bertz CT molecular complexity index is 1010. The lowest BCUT2D eigenvalue weighted by Crippen LogP contribution is -3.14. The highest BCUT2D eigenvalue weighted by molar-refractivity contribution is 7.17. The topological polar surface area (TPSA) is 55.4 Å². The molecule has 3 aromatic rings. The summed E-state index contributed by atoms with van der Waals surface area (Å²) < 4.78 is 1.86. The highest BCUT2D eigenvalue weighted by atomic mass is 32.1. The van der Waals surface area contributed by atoms with Gasteiger partial charge < -0.3 is 10.2 Å². The second-order valence-corrected chi connectivity index (χ2v) is 9.06. The zero-order valence-corrected chi connectivity index (χ0v) is 18.3. The molecule has 0 bridgehead atoms. The van der Waals surface area contributed by atoms with E-state index in [2.05, 4.69) is 49.5 Å². The molecule has 29 heavy (non-hydrogen) atoms. The fraction of sp³-hybridized carbons (Fsp3) is 0.478. The van der Waals surface area contributed by atoms with Gasteiger partial charge in [0.1, 0.15) is 18.8 Å². The lowest BCUT2D eigenvalue weighted by atomic mass is 10.0. The number of benzene rings is 1. The van der Waals surface area contributed by atoms with E-state index in [-0.39, 0.29) is 5.56 Å². The maximum absolute atomic E-state index is 12.8. The summed E-state index contributed by atoms with van der Waals surface area (Å²) in [5.41, 5.74) is 3.53. The second kappa shape index (κ2) is 9.20. The molecule has 1 aliphatic rings. The number of likely N-dealkylation sites (N-methyl/N-ethyl adjacent to an activating group) is 1. The summed E-state index contributed by atoms with van der Waals surface area (Å²) in [4.78, 5) is 21.5. The molecule has 6 heteroatoms. The summed E-state index contributed by atoms with van der Waals surface area (Å²) in [6.07, 6.45) is 4.49. The van der Waals surface area contributed by atoms with Crippen molar-refractivity contribution in [1.82, 2.24) is 9.38 Å². The molecule has 0 aliphatic heterocycles. The zero-order chi connectivity index (χ0) is 20.2. The number of nitrogens with two attached hydrogens (primary N) is 1. The smallest absolute Gasteiger partial charge is 0.259 e. The van der Waals surface area contributed by atoms with Crippen LogP contribution in [-0.2, 0) is 19.4 Å². The lowest BCUT2D eigenvalue weighted by Gasteiger charge is -2.21. The molecule has 2 heterocycles. The maximum atomic E-state index is 12.8. The van der Waals surface area contributed by atoms with E-state index in [1.165, 1.54) is 29.0 Å². The van der Waals surface area contributed by atoms with Gasteiger partial charge in [-0.2, -0.15) is 0 Å². The van der Waals surface area contributed by atoms with Crippen molar-refractivity contribution in [2.75, 3.05) is 19.6 Å². The largest absolute Gasteiger partial charge is 0.330 e. The monoisotopic (exact) mass is 412 g/mol. The van der Waals surface area contributed by atoms with Crippen LogP contribution in [0, 0.1) is 0 Å². The van der Waals surface area contributed by atoms with Crippen molar-refractivity contribution < 1.29 is 10.2 Å². The first-order chi connectivity index (χ1) is 14.2. The fourth-order valence-corrected chi connectivity index (χ4v) is 5.63. The van der Waals surface area contributed by atoms with Crippen molar-refractivity contribution in [2.45, 2.75) is 52.1 Å². The van der Waals surface area contributed by atoms with Gasteiger partial charge >= 0.3 is 0 Å². The van der Waals surface area contributed by atoms with Crippen LogP contribution in [0.3, 0.4) is 0 Å². The summed E-state index contributed by atoms with van der Waals surface area (Å²) in [5.74, 6) is 0. The van der Waals surface area contributed by atoms with Crippen LogP contribution in [0.25, 0.3) is 4.96 Å². The van der Waals surface area contributed by atoms with Crippen LogP contribution in [0.1, 0.15) is 54.6 Å². The Labute approximate surface area is 176 Å². The van der Waals surface area contributed by atoms with Crippen LogP contribution in [0.5, 0.6) is 0 Å². The molecule has 1 aromatic carbocycles. The summed E-state index contributed by atoms with van der Waals surface area (Å²) >= 11 is 1.71. The van der Waals surface area contributed by atoms with Gasteiger partial charge in [0.2, 0.25) is 0 Å². The number of quaternary nitrogens is 2. The van der Waals surface area contributed by atoms with Crippen molar-refractivity contribution in [3.05, 3.63) is 68.6 Å². The molecule has 0 radical (unpaired) electrons. The van der Waals surface area contributed by atoms with Crippen LogP contribution in [-0.4, -0.2) is 29.0 Å². The molecule has 0 fully saturated rings. The number of nitrogens with one attached hydrogen (secondary N) is 1. The third-order valence-electron chi connectivity index (χ3n) is 6.16. The van der Waals surface area contributed by atoms with Gasteiger partial charge in [-0.25, -0.2) is 4.98 Å². The van der Waals surface area contributed by atoms with E-state index in [0.717, 1.165) is 49.7 Å². The number of aryl methyl sites for hydroxylation is 2. The Morgan fingerprint density at radius 2 is 1.93 bits per heavy atom. The van der Waals surface area contributed by atoms with Gasteiger partial charge in [-0.1, -0.05) is 30.3 Å². The predicted octanol–water partition coefficient (Wildman–Crippen LogP) is 1.36. The molecule has 3 N–H and O–H groups in total. The van der Waals surface area contributed by atoms with Crippen molar-refractivity contribution in [3.8, 4) is 0 Å². The number of fused-ring (bicyclic) bond motifs is 3. The number of nitrogens with zero attached hydrogens (tertiary/aromatic N) is 2. The van der Waals surface area contributed by atoms with E-state index < -0.39 is 0 Å². The molecule has 5 nitrogen and oxygen atoms in total. The molecule has 0 amide bonds. The first-order valence-corrected chi connectivity index (χ1v) is 11.8. The quantitative estimate of drug-likeness (QED) is 0.587. The summed E-state index contributed by atoms with van der Waals surface area (Å²) in [7, 11) is 0. The van der Waals surface area contributed by atoms with E-state index in [4.69, 9.17) is 4.98 Å². The third kappa shape index (κ3) is 4.44. The minimum Gasteiger partial charge on any atom is -0.330 e. The number of thiazole rings is 1. The van der Waals surface area contributed by atoms with Gasteiger partial charge in [0, 0.05) is 22.2 Å². The Morgan fingerprint density at radius 3 is 2.69 bits per heavy atom. The number of rotatable bonds is 8. The van der Waals surface area contributed by atoms with Crippen LogP contribution in [0.4, 0.5) is 0 Å². The highest BCUT2D eigenvalue weighted by Gasteiger charge is 2.22. The van der Waals surface area contributed by atoms with E-state index in [9.17, 15) is 4.79 Å². The SMILES string of the molecule is CC[NH+](CC)C[C@H]([NH2+]Cc1cc(=O)n2c3c(sc2n1)CCCC3)c1ccccc1. The van der Waals surface area contributed by atoms with Gasteiger partial charge in [-0.3, -0.25) is 9.20 Å². The van der Waals surface area contributed by atoms with Gasteiger partial charge in [0.25, 0.3) is 5.56 Å². The van der Waals surface area contributed by atoms with Crippen molar-refractivity contribution in [1.29, 1.82) is 0 Å². The fourth-order valence-electron chi connectivity index (χ4n) is 4.40. The molecule has 0 saturated carbocycles. The zero-order valence-electron chi connectivity index (χ0n) is 17.5. The van der Waals surface area contributed by atoms with Crippen molar-refractivity contribution in [2.24, 2.45) is 0 Å². The number of hydrogen-bond acceptors (Lipinski definition) is 3. The van der Waals surface area contributed by atoms with Gasteiger partial charge in [-0.15, -0.1) is 11.3 Å². The summed E-state index contributed by atoms with van der Waals surface area (Å²) in [6, 6.07) is 12.8. The second-order valence-electron chi connectivity index (χ2n) is 8.00. The first kappa shape index (κ1) is 20.3. The normalized spacial score (nSPS) is 15.0. The van der Waals surface area contributed by atoms with Gasteiger partial charge in [0.15, 0.2) is 11.0 Å². The molecule has 0 saturated heterocycles. The van der Waals surface area contributed by atoms with E-state index in [1.54, 1.807) is 22.3 Å². The van der Waals surface area contributed by atoms with Crippen molar-refractivity contribution >= 4 is 16.3 Å². The third-order valence-corrected chi connectivity index (χ3v) is 7.31. The Hall–Kier alpha value is -2.02. The summed E-state index contributed by atoms with van der Waals surface area (Å²) in [5, 5.41) is 2.35. The predicted molar refractivity (Wildman–Crippen MR) is 118 cm³/mol. The Morgan fingerprint density at radius 1 is 1.17 bits per heavy atom. The summed E-state index contributed by atoms with van der Waals surface area (Å²) in [6.45, 7) is 8.55. The van der Waals surface area contributed by atoms with Crippen LogP contribution in [0.2, 0.25) is 0 Å². The Balaban J connectivity index is 1.56. The lowest BCUT2D eigenvalue weighted by molar-refractivity contribution is -0.919. The first-order valence-electron chi connectivity index (χ1n) is 10.9. The number of hydrogen-bond donors (Lipinski definition) is 2. The molecule has 1 aliphatic carbocycles. The van der Waals surface area contributed by atoms with Gasteiger partial charge in [-0.05, 0) is 39.5 Å². The van der Waals surface area contributed by atoms with E-state index in [1.807, 2.05) is 4.40 Å². The molecule has 0 spiro atoms. The minimum absolute atomic E-state index is 0.0865. The van der Waals surface area contributed by atoms with Crippen LogP contribution in [0.15, 0.2) is 41.2 Å². The van der Waals surface area contributed by atoms with Crippen LogP contribution >= 0.6 is 11.3 Å². The molecular weight excluding hydrogens is 380 g/mol. The van der Waals surface area contributed by atoms with E-state index >= 15 is 0 Å². The average molecular weight is 413 g/mol. The van der Waals surface area contributed by atoms with E-state index in [0.29, 0.717) is 6.04 Å². The molecule has 0 unspecified atom stereocenters. The number of aromatic nitrogens is 2. The highest BCUT2D eigenvalue weighted by Crippen LogP contribution is 2.28. The molecular formula is C23H32N4OS+2.